The summed E-state index contributed by atoms with van der Waals surface area (Å²) in [6.45, 7) is 2.18. The zero-order valence-corrected chi connectivity index (χ0v) is 20.4. The first-order chi connectivity index (χ1) is 18.0. The number of rotatable bonds is 5. The highest BCUT2D eigenvalue weighted by molar-refractivity contribution is 6.17. The fourth-order valence-corrected chi connectivity index (χ4v) is 3.91. The Balaban J connectivity index is 1.73. The number of nitrogens with one attached hydrogen (secondary N) is 1. The molecule has 1 aliphatic rings. The van der Waals surface area contributed by atoms with Crippen LogP contribution in [-0.4, -0.2) is 83.9 Å². The van der Waals surface area contributed by atoms with Crippen LogP contribution in [-0.2, 0) is 18.0 Å². The van der Waals surface area contributed by atoms with Gasteiger partial charge in [0, 0.05) is 31.7 Å². The van der Waals surface area contributed by atoms with Crippen LogP contribution < -0.4 is 5.32 Å². The van der Waals surface area contributed by atoms with Crippen LogP contribution in [0.25, 0.3) is 11.4 Å². The number of carbonyl (C=O) groups excluding carboxylic acids is 1. The molecule has 1 amide bonds. The molecule has 11 nitrogen and oxygen atoms in total. The molecule has 206 valence electrons. The molecule has 0 saturated carbocycles. The third kappa shape index (κ3) is 5.12. The average molecular weight is 556 g/mol. The molecule has 1 fully saturated rings. The summed E-state index contributed by atoms with van der Waals surface area (Å²) in [7, 11) is 7.00. The summed E-state index contributed by atoms with van der Waals surface area (Å²) in [5, 5.41) is 17.3. The van der Waals surface area contributed by atoms with Crippen molar-refractivity contribution in [3.05, 3.63) is 47.6 Å². The monoisotopic (exact) mass is 556 g/mol. The number of aliphatic hydroxyl groups is 1. The van der Waals surface area contributed by atoms with Gasteiger partial charge in [0.1, 0.15) is 0 Å². The number of anilines is 1. The number of aromatic nitrogens is 6. The van der Waals surface area contributed by atoms with E-state index in [0.717, 1.165) is 19.3 Å². The van der Waals surface area contributed by atoms with E-state index in [9.17, 15) is 36.2 Å². The lowest BCUT2D eigenvalue weighted by molar-refractivity contribution is -0.381. The van der Waals surface area contributed by atoms with Gasteiger partial charge in [0.15, 0.2) is 30.8 Å². The highest BCUT2D eigenvalue weighted by atomic mass is 19.4. The Morgan fingerprint density at radius 3 is 2.33 bits per heavy atom. The Kier molecular flexibility index (Phi) is 7.05. The molecule has 1 saturated heterocycles. The van der Waals surface area contributed by atoms with E-state index in [2.05, 4.69) is 35.1 Å². The van der Waals surface area contributed by atoms with Crippen LogP contribution in [0.15, 0.2) is 24.8 Å². The number of amides is 1. The van der Waals surface area contributed by atoms with E-state index in [-0.39, 0.29) is 22.2 Å². The second kappa shape index (κ2) is 9.75. The molecule has 1 aliphatic heterocycles. The molecule has 3 aromatic rings. The Labute approximate surface area is 217 Å². The topological polar surface area (TPSA) is 131 Å². The van der Waals surface area contributed by atoms with Gasteiger partial charge in [-0.1, -0.05) is 0 Å². The van der Waals surface area contributed by atoms with Gasteiger partial charge in [-0.15, -0.1) is 0 Å². The van der Waals surface area contributed by atoms with E-state index >= 15 is 0 Å². The standard InChI is InChI=1S/C21H19BF6N8O3/c1-9-14(16-29-6-12(23)7-30-16)15(34-35(9)3)17(37)36-13(10(2)39-21(27,28)20(36,22)38)8-33-18-31-4-11(5-32-18)19(24,25)26/h4-7,10,13,38H,8H2,1-3H3,(H,31,32,33). The zero-order chi connectivity index (χ0) is 28.9. The molecule has 2 N–H and O–H groups in total. The van der Waals surface area contributed by atoms with Gasteiger partial charge in [-0.05, 0) is 13.8 Å². The summed E-state index contributed by atoms with van der Waals surface area (Å²) in [4.78, 5) is 28.7. The number of hydrogen-bond acceptors (Lipinski definition) is 9. The smallest absolute Gasteiger partial charge is 0.372 e. The van der Waals surface area contributed by atoms with Gasteiger partial charge in [-0.25, -0.2) is 24.3 Å². The SMILES string of the molecule is [B]C1(O)N(C(=O)c2nn(C)c(C)c2-c2ncc(F)cn2)C(CNc2ncc(C(F)(F)F)cn2)C(C)OC1(F)F. The summed E-state index contributed by atoms with van der Waals surface area (Å²) in [6, 6.07) is -1.46. The van der Waals surface area contributed by atoms with Crippen LogP contribution in [0.5, 0.6) is 0 Å². The van der Waals surface area contributed by atoms with E-state index in [0.29, 0.717) is 18.1 Å². The van der Waals surface area contributed by atoms with Gasteiger partial charge in [0.05, 0.1) is 35.7 Å². The minimum atomic E-state index is -4.69. The molecule has 0 spiro atoms. The van der Waals surface area contributed by atoms with E-state index < -0.39 is 59.6 Å². The average Bonchev–Trinajstić information content (AvgIpc) is 3.14. The first kappa shape index (κ1) is 28.2. The van der Waals surface area contributed by atoms with Crippen molar-refractivity contribution in [2.45, 2.75) is 43.9 Å². The molecule has 18 heteroatoms. The number of morpholine rings is 1. The van der Waals surface area contributed by atoms with Crippen molar-refractivity contribution < 1.29 is 41.0 Å². The predicted octanol–water partition coefficient (Wildman–Crippen LogP) is 1.88. The Morgan fingerprint density at radius 2 is 1.77 bits per heavy atom. The normalized spacial score (nSPS) is 23.1. The molecule has 4 rings (SSSR count). The van der Waals surface area contributed by atoms with Crippen LogP contribution in [0.1, 0.15) is 28.7 Å². The molecular weight excluding hydrogens is 537 g/mol. The van der Waals surface area contributed by atoms with Gasteiger partial charge in [-0.2, -0.15) is 27.1 Å². The van der Waals surface area contributed by atoms with Crippen LogP contribution >= 0.6 is 0 Å². The summed E-state index contributed by atoms with van der Waals surface area (Å²) in [5.74, 6) is -2.56. The minimum Gasteiger partial charge on any atom is -0.372 e. The maximum atomic E-state index is 14.8. The lowest BCUT2D eigenvalue weighted by atomic mass is 9.83. The Morgan fingerprint density at radius 1 is 1.18 bits per heavy atom. The Hall–Kier alpha value is -3.80. The van der Waals surface area contributed by atoms with Gasteiger partial charge in [-0.3, -0.25) is 9.48 Å². The summed E-state index contributed by atoms with van der Waals surface area (Å²) in [5.41, 5.74) is -5.08. The highest BCUT2D eigenvalue weighted by Crippen LogP contribution is 2.41. The van der Waals surface area contributed by atoms with Gasteiger partial charge < -0.3 is 20.1 Å². The van der Waals surface area contributed by atoms with Crippen molar-refractivity contribution in [1.29, 1.82) is 0 Å². The molecule has 39 heavy (non-hydrogen) atoms. The fraction of sp³-hybridized carbons (Fsp3) is 0.429. The second-order valence-electron chi connectivity index (χ2n) is 8.64. The number of nitrogens with zero attached hydrogens (tertiary/aromatic N) is 7. The molecule has 2 radical (unpaired) electrons. The number of carbonyl (C=O) groups is 1. The lowest BCUT2D eigenvalue weighted by Crippen LogP contribution is -2.74. The molecule has 3 atom stereocenters. The maximum absolute atomic E-state index is 14.8. The van der Waals surface area contributed by atoms with Crippen molar-refractivity contribution in [1.82, 2.24) is 34.6 Å². The number of halogens is 6. The van der Waals surface area contributed by atoms with E-state index in [1.165, 1.54) is 18.7 Å². The van der Waals surface area contributed by atoms with Crippen LogP contribution in [0.2, 0.25) is 0 Å². The van der Waals surface area contributed by atoms with Gasteiger partial charge >= 0.3 is 12.3 Å². The number of hydrogen-bond donors (Lipinski definition) is 2. The van der Waals surface area contributed by atoms with E-state index in [4.69, 9.17) is 7.85 Å². The van der Waals surface area contributed by atoms with Crippen LogP contribution in [0.4, 0.5) is 32.3 Å². The summed E-state index contributed by atoms with van der Waals surface area (Å²) in [6.07, 6.45) is -7.99. The third-order valence-electron chi connectivity index (χ3n) is 6.05. The number of ether oxygens (including phenoxy) is 1. The number of alkyl halides is 5. The quantitative estimate of drug-likeness (QED) is 0.358. The molecule has 0 aliphatic carbocycles. The van der Waals surface area contributed by atoms with Crippen molar-refractivity contribution in [2.75, 3.05) is 11.9 Å². The zero-order valence-electron chi connectivity index (χ0n) is 20.4. The first-order valence-corrected chi connectivity index (χ1v) is 11.1. The van der Waals surface area contributed by atoms with E-state index in [1.54, 1.807) is 0 Å². The molecular formula is C21H19BF6N8O3. The fourth-order valence-electron chi connectivity index (χ4n) is 3.91. The second-order valence-corrected chi connectivity index (χ2v) is 8.64. The minimum absolute atomic E-state index is 0.0430. The largest absolute Gasteiger partial charge is 0.419 e. The molecule has 3 unspecified atom stereocenters. The maximum Gasteiger partial charge on any atom is 0.419 e. The Bertz CT molecular complexity index is 1370. The highest BCUT2D eigenvalue weighted by Gasteiger charge is 2.63. The summed E-state index contributed by atoms with van der Waals surface area (Å²) >= 11 is 0. The summed E-state index contributed by atoms with van der Waals surface area (Å²) < 4.78 is 87.2. The van der Waals surface area contributed by atoms with Crippen molar-refractivity contribution in [3.63, 3.8) is 0 Å². The third-order valence-corrected chi connectivity index (χ3v) is 6.05. The molecule has 0 aromatic carbocycles. The van der Waals surface area contributed by atoms with Crippen molar-refractivity contribution in [3.8, 4) is 11.4 Å². The first-order valence-electron chi connectivity index (χ1n) is 11.1. The number of aryl methyl sites for hydroxylation is 1. The van der Waals surface area contributed by atoms with Gasteiger partial charge in [0.25, 0.3) is 5.91 Å². The predicted molar refractivity (Wildman–Crippen MR) is 121 cm³/mol. The van der Waals surface area contributed by atoms with E-state index in [1.807, 2.05) is 0 Å². The molecule has 0 bridgehead atoms. The van der Waals surface area contributed by atoms with Crippen LogP contribution in [0.3, 0.4) is 0 Å². The van der Waals surface area contributed by atoms with Crippen molar-refractivity contribution in [2.24, 2.45) is 7.05 Å². The molecule has 4 heterocycles. The lowest BCUT2D eigenvalue weighted by Gasteiger charge is -2.52. The van der Waals surface area contributed by atoms with Crippen LogP contribution in [0, 0.1) is 12.7 Å². The van der Waals surface area contributed by atoms with Gasteiger partial charge in [0.2, 0.25) is 5.95 Å². The van der Waals surface area contributed by atoms with Crippen molar-refractivity contribution >= 4 is 19.7 Å². The molecule has 3 aromatic heterocycles.